The first-order valence-electron chi connectivity index (χ1n) is 10.2. The fraction of sp³-hybridized carbons (Fsp3) is 0.333. The summed E-state index contributed by atoms with van der Waals surface area (Å²) in [5.74, 6) is 2.00. The molecule has 3 aliphatic rings. The Morgan fingerprint density at radius 3 is 2.83 bits per heavy atom. The maximum absolute atomic E-state index is 6.25. The van der Waals surface area contributed by atoms with E-state index in [2.05, 4.69) is 47.2 Å². The number of amidine groups is 1. The number of halogens is 1. The molecular formula is C24H26ClN3O. The number of allylic oxidation sites excluding steroid dienone is 6. The number of hydrogen-bond donors (Lipinski definition) is 0. The Morgan fingerprint density at radius 1 is 1.28 bits per heavy atom. The van der Waals surface area contributed by atoms with Crippen LogP contribution in [0.2, 0.25) is 5.02 Å². The summed E-state index contributed by atoms with van der Waals surface area (Å²) in [5.41, 5.74) is 2.60. The summed E-state index contributed by atoms with van der Waals surface area (Å²) in [6, 6.07) is 7.46. The SMILES string of the molecule is C/C=C\C/C=C(\C)C1(C2=NN=C3C(Oc4ccccc4Cl)=CC=CN3C2)CCC1. The standard InChI is InChI=1S/C24H26ClN3O/c1-3-4-5-10-18(2)24(14-9-15-24)22-17-28-16-8-13-21(23(28)27-26-22)29-20-12-7-6-11-19(20)25/h3-4,6-8,10-13,16H,5,9,14-15,17H2,1-2H3/b4-3-,18-10+. The van der Waals surface area contributed by atoms with Gasteiger partial charge in [-0.15, -0.1) is 5.10 Å². The Labute approximate surface area is 177 Å². The lowest BCUT2D eigenvalue weighted by atomic mass is 9.61. The lowest BCUT2D eigenvalue weighted by molar-refractivity contribution is 0.276. The molecule has 1 fully saturated rings. The molecule has 0 aromatic heterocycles. The second-order valence-corrected chi connectivity index (χ2v) is 8.04. The molecule has 1 aromatic rings. The van der Waals surface area contributed by atoms with E-state index in [1.807, 2.05) is 42.6 Å². The fourth-order valence-corrected chi connectivity index (χ4v) is 4.22. The van der Waals surface area contributed by atoms with Gasteiger partial charge in [0.2, 0.25) is 0 Å². The molecule has 4 nitrogen and oxygen atoms in total. The smallest absolute Gasteiger partial charge is 0.198 e. The second-order valence-electron chi connectivity index (χ2n) is 7.63. The third-order valence-corrected chi connectivity index (χ3v) is 6.27. The second kappa shape index (κ2) is 8.42. The van der Waals surface area contributed by atoms with Gasteiger partial charge in [0.15, 0.2) is 11.6 Å². The molecule has 0 saturated heterocycles. The Hall–Kier alpha value is -2.59. The molecule has 1 aliphatic carbocycles. The number of benzene rings is 1. The maximum atomic E-state index is 6.25. The van der Waals surface area contributed by atoms with Crippen LogP contribution in [0.3, 0.4) is 0 Å². The zero-order valence-electron chi connectivity index (χ0n) is 16.9. The van der Waals surface area contributed by atoms with Gasteiger partial charge in [0.05, 0.1) is 17.3 Å². The van der Waals surface area contributed by atoms with Crippen molar-refractivity contribution in [3.05, 3.63) is 77.2 Å². The van der Waals surface area contributed by atoms with Crippen LogP contribution < -0.4 is 4.74 Å². The molecule has 0 atom stereocenters. The van der Waals surface area contributed by atoms with E-state index in [-0.39, 0.29) is 5.41 Å². The van der Waals surface area contributed by atoms with Crippen LogP contribution in [0, 0.1) is 5.41 Å². The average Bonchev–Trinajstić information content (AvgIpc) is 2.69. The van der Waals surface area contributed by atoms with Crippen molar-refractivity contribution < 1.29 is 4.74 Å². The summed E-state index contributed by atoms with van der Waals surface area (Å²) in [4.78, 5) is 2.12. The summed E-state index contributed by atoms with van der Waals surface area (Å²) in [5, 5.41) is 9.83. The molecule has 0 unspecified atom stereocenters. The summed E-state index contributed by atoms with van der Waals surface area (Å²) >= 11 is 6.25. The molecular weight excluding hydrogens is 382 g/mol. The van der Waals surface area contributed by atoms with Gasteiger partial charge in [-0.05, 0) is 57.4 Å². The monoisotopic (exact) mass is 407 g/mol. The van der Waals surface area contributed by atoms with Gasteiger partial charge < -0.3 is 9.64 Å². The number of nitrogens with zero attached hydrogens (tertiary/aromatic N) is 3. The molecule has 2 aliphatic heterocycles. The maximum Gasteiger partial charge on any atom is 0.198 e. The van der Waals surface area contributed by atoms with Crippen molar-refractivity contribution >= 4 is 23.1 Å². The van der Waals surface area contributed by atoms with Gasteiger partial charge in [-0.1, -0.05) is 54.0 Å². The van der Waals surface area contributed by atoms with E-state index in [1.54, 1.807) is 0 Å². The molecule has 0 amide bonds. The molecule has 1 aromatic carbocycles. The minimum Gasteiger partial charge on any atom is -0.452 e. The molecule has 0 spiro atoms. The van der Waals surface area contributed by atoms with Crippen LogP contribution in [0.1, 0.15) is 39.5 Å². The molecule has 0 N–H and O–H groups in total. The first-order valence-corrected chi connectivity index (χ1v) is 10.5. The van der Waals surface area contributed by atoms with Crippen LogP contribution in [0.25, 0.3) is 0 Å². The van der Waals surface area contributed by atoms with Crippen molar-refractivity contribution in [1.82, 2.24) is 4.90 Å². The fourth-order valence-electron chi connectivity index (χ4n) is 4.05. The van der Waals surface area contributed by atoms with Gasteiger partial charge in [-0.3, -0.25) is 0 Å². The number of para-hydroxylation sites is 1. The molecule has 29 heavy (non-hydrogen) atoms. The predicted octanol–water partition coefficient (Wildman–Crippen LogP) is 6.28. The van der Waals surface area contributed by atoms with E-state index in [0.717, 1.165) is 37.4 Å². The number of fused-ring (bicyclic) bond motifs is 1. The van der Waals surface area contributed by atoms with Crippen molar-refractivity contribution in [2.24, 2.45) is 15.6 Å². The normalized spacial score (nSPS) is 20.6. The average molecular weight is 408 g/mol. The Bertz CT molecular complexity index is 964. The topological polar surface area (TPSA) is 37.2 Å². The minimum absolute atomic E-state index is 0.0510. The van der Waals surface area contributed by atoms with E-state index < -0.39 is 0 Å². The van der Waals surface area contributed by atoms with Crippen molar-refractivity contribution in [2.45, 2.75) is 39.5 Å². The first-order chi connectivity index (χ1) is 14.1. The summed E-state index contributed by atoms with van der Waals surface area (Å²) in [6.45, 7) is 5.03. The van der Waals surface area contributed by atoms with E-state index in [9.17, 15) is 0 Å². The predicted molar refractivity (Wildman–Crippen MR) is 120 cm³/mol. The van der Waals surface area contributed by atoms with Gasteiger partial charge in [-0.2, -0.15) is 5.10 Å². The summed E-state index contributed by atoms with van der Waals surface area (Å²) < 4.78 is 6.05. The summed E-state index contributed by atoms with van der Waals surface area (Å²) in [7, 11) is 0. The van der Waals surface area contributed by atoms with Crippen LogP contribution >= 0.6 is 11.6 Å². The van der Waals surface area contributed by atoms with E-state index in [0.29, 0.717) is 16.5 Å². The molecule has 150 valence electrons. The van der Waals surface area contributed by atoms with Crippen LogP contribution in [0.15, 0.2) is 82.4 Å². The molecule has 1 saturated carbocycles. The highest BCUT2D eigenvalue weighted by atomic mass is 35.5. The first kappa shape index (κ1) is 19.7. The number of rotatable bonds is 6. The van der Waals surface area contributed by atoms with E-state index in [1.165, 1.54) is 12.0 Å². The molecule has 5 heteroatoms. The van der Waals surface area contributed by atoms with Gasteiger partial charge >= 0.3 is 0 Å². The van der Waals surface area contributed by atoms with Crippen LogP contribution in [-0.2, 0) is 0 Å². The zero-order valence-corrected chi connectivity index (χ0v) is 17.7. The highest BCUT2D eigenvalue weighted by Crippen LogP contribution is 2.49. The Balaban J connectivity index is 1.59. The lowest BCUT2D eigenvalue weighted by Crippen LogP contribution is -2.48. The van der Waals surface area contributed by atoms with Crippen LogP contribution in [0.4, 0.5) is 0 Å². The number of hydrogen-bond acceptors (Lipinski definition) is 4. The van der Waals surface area contributed by atoms with Crippen molar-refractivity contribution in [1.29, 1.82) is 0 Å². The van der Waals surface area contributed by atoms with E-state index >= 15 is 0 Å². The molecule has 4 rings (SSSR count). The Morgan fingerprint density at radius 2 is 2.10 bits per heavy atom. The van der Waals surface area contributed by atoms with Gasteiger partial charge in [-0.25, -0.2) is 0 Å². The van der Waals surface area contributed by atoms with Crippen molar-refractivity contribution in [2.75, 3.05) is 6.54 Å². The van der Waals surface area contributed by atoms with E-state index in [4.69, 9.17) is 16.3 Å². The quantitative estimate of drug-likeness (QED) is 0.520. The minimum atomic E-state index is 0.0510. The Kier molecular flexibility index (Phi) is 5.72. The van der Waals surface area contributed by atoms with Crippen molar-refractivity contribution in [3.63, 3.8) is 0 Å². The van der Waals surface area contributed by atoms with Crippen molar-refractivity contribution in [3.8, 4) is 5.75 Å². The zero-order chi connectivity index (χ0) is 20.3. The van der Waals surface area contributed by atoms with Gasteiger partial charge in [0.1, 0.15) is 5.75 Å². The highest BCUT2D eigenvalue weighted by Gasteiger charge is 2.45. The molecule has 0 radical (unpaired) electrons. The largest absolute Gasteiger partial charge is 0.452 e. The number of ether oxygens (including phenoxy) is 1. The molecule has 0 bridgehead atoms. The highest BCUT2D eigenvalue weighted by molar-refractivity contribution is 6.32. The molecule has 2 heterocycles. The third-order valence-electron chi connectivity index (χ3n) is 5.96. The van der Waals surface area contributed by atoms with Gasteiger partial charge in [0.25, 0.3) is 0 Å². The van der Waals surface area contributed by atoms with Crippen LogP contribution in [0.5, 0.6) is 5.75 Å². The third kappa shape index (κ3) is 3.82. The summed E-state index contributed by atoms with van der Waals surface area (Å²) in [6.07, 6.45) is 17.0. The van der Waals surface area contributed by atoms with Gasteiger partial charge in [0, 0.05) is 11.6 Å². The lowest BCUT2D eigenvalue weighted by Gasteiger charge is -2.46. The van der Waals surface area contributed by atoms with Crippen LogP contribution in [-0.4, -0.2) is 23.0 Å².